The van der Waals surface area contributed by atoms with Crippen molar-refractivity contribution in [1.82, 2.24) is 5.32 Å². The number of carbonyl (C=O) groups excluding carboxylic acids is 1. The van der Waals surface area contributed by atoms with Gasteiger partial charge in [0.15, 0.2) is 0 Å². The molecule has 1 amide bonds. The van der Waals surface area contributed by atoms with Gasteiger partial charge in [-0.25, -0.2) is 0 Å². The number of nitrogens with two attached hydrogens (primary N) is 1. The molecular weight excluding hydrogens is 192 g/mol. The predicted molar refractivity (Wildman–Crippen MR) is 59.2 cm³/mol. The monoisotopic (exact) mass is 208 g/mol. The van der Waals surface area contributed by atoms with Crippen molar-refractivity contribution in [2.45, 2.75) is 13.0 Å². The summed E-state index contributed by atoms with van der Waals surface area (Å²) in [6.45, 7) is 0.946. The lowest BCUT2D eigenvalue weighted by molar-refractivity contribution is -0.121. The van der Waals surface area contributed by atoms with Crippen molar-refractivity contribution in [1.29, 1.82) is 0 Å². The molecule has 0 aliphatic heterocycles. The minimum absolute atomic E-state index is 0.00712. The average molecular weight is 208 g/mol. The second kappa shape index (κ2) is 6.03. The van der Waals surface area contributed by atoms with Crippen molar-refractivity contribution < 1.29 is 9.53 Å². The van der Waals surface area contributed by atoms with Gasteiger partial charge in [-0.1, -0.05) is 12.1 Å². The maximum Gasteiger partial charge on any atom is 0.222 e. The minimum Gasteiger partial charge on any atom is -0.399 e. The van der Waals surface area contributed by atoms with Crippen LogP contribution in [0.4, 0.5) is 5.69 Å². The summed E-state index contributed by atoms with van der Waals surface area (Å²) in [5.74, 6) is -0.00712. The zero-order valence-corrected chi connectivity index (χ0v) is 8.82. The third kappa shape index (κ3) is 4.46. The van der Waals surface area contributed by atoms with E-state index in [1.54, 1.807) is 7.05 Å². The smallest absolute Gasteiger partial charge is 0.222 e. The molecule has 0 saturated heterocycles. The fourth-order valence-electron chi connectivity index (χ4n) is 1.09. The van der Waals surface area contributed by atoms with Crippen molar-refractivity contribution in [3.8, 4) is 0 Å². The number of nitrogen functional groups attached to an aromatic ring is 1. The van der Waals surface area contributed by atoms with E-state index in [2.05, 4.69) is 5.32 Å². The number of nitrogens with one attached hydrogen (secondary N) is 1. The van der Waals surface area contributed by atoms with Crippen LogP contribution in [0, 0.1) is 0 Å². The van der Waals surface area contributed by atoms with Crippen molar-refractivity contribution in [2.75, 3.05) is 19.4 Å². The Morgan fingerprint density at radius 3 is 2.67 bits per heavy atom. The van der Waals surface area contributed by atoms with E-state index in [-0.39, 0.29) is 5.91 Å². The van der Waals surface area contributed by atoms with Gasteiger partial charge in [-0.05, 0) is 17.7 Å². The van der Waals surface area contributed by atoms with Gasteiger partial charge in [0, 0.05) is 19.2 Å². The van der Waals surface area contributed by atoms with Gasteiger partial charge in [0.1, 0.15) is 0 Å². The van der Waals surface area contributed by atoms with Crippen LogP contribution < -0.4 is 11.1 Å². The van der Waals surface area contributed by atoms with E-state index >= 15 is 0 Å². The quantitative estimate of drug-likeness (QED) is 0.558. The number of hydrogen-bond donors (Lipinski definition) is 2. The first-order valence-corrected chi connectivity index (χ1v) is 4.85. The van der Waals surface area contributed by atoms with E-state index in [0.29, 0.717) is 19.6 Å². The van der Waals surface area contributed by atoms with Crippen LogP contribution in [0.1, 0.15) is 12.0 Å². The van der Waals surface area contributed by atoms with E-state index in [0.717, 1.165) is 11.3 Å². The van der Waals surface area contributed by atoms with Gasteiger partial charge in [0.2, 0.25) is 5.91 Å². The van der Waals surface area contributed by atoms with Crippen molar-refractivity contribution in [2.24, 2.45) is 0 Å². The van der Waals surface area contributed by atoms with Gasteiger partial charge in [-0.3, -0.25) is 4.79 Å². The number of anilines is 1. The second-order valence-electron chi connectivity index (χ2n) is 3.22. The third-order valence-corrected chi connectivity index (χ3v) is 2.00. The molecule has 0 atom stereocenters. The topological polar surface area (TPSA) is 64.3 Å². The first-order chi connectivity index (χ1) is 7.22. The molecule has 0 spiro atoms. The molecule has 0 radical (unpaired) electrons. The van der Waals surface area contributed by atoms with Gasteiger partial charge in [0.05, 0.1) is 13.2 Å². The van der Waals surface area contributed by atoms with Gasteiger partial charge in [-0.15, -0.1) is 0 Å². The number of rotatable bonds is 5. The Hall–Kier alpha value is -1.55. The van der Waals surface area contributed by atoms with E-state index in [1.165, 1.54) is 0 Å². The van der Waals surface area contributed by atoms with Crippen LogP contribution in [0.15, 0.2) is 24.3 Å². The Labute approximate surface area is 89.4 Å². The molecule has 0 heterocycles. The molecule has 0 aromatic heterocycles. The van der Waals surface area contributed by atoms with Gasteiger partial charge in [-0.2, -0.15) is 0 Å². The largest absolute Gasteiger partial charge is 0.399 e. The van der Waals surface area contributed by atoms with Gasteiger partial charge in [0.25, 0.3) is 0 Å². The molecule has 0 saturated carbocycles. The highest BCUT2D eigenvalue weighted by atomic mass is 16.5. The van der Waals surface area contributed by atoms with E-state index < -0.39 is 0 Å². The van der Waals surface area contributed by atoms with Crippen molar-refractivity contribution >= 4 is 11.6 Å². The molecule has 0 aliphatic carbocycles. The molecule has 0 fully saturated rings. The van der Waals surface area contributed by atoms with E-state index in [1.807, 2.05) is 24.3 Å². The van der Waals surface area contributed by atoms with E-state index in [4.69, 9.17) is 10.5 Å². The maximum atomic E-state index is 10.9. The molecule has 0 aliphatic rings. The highest BCUT2D eigenvalue weighted by Gasteiger charge is 1.97. The number of carbonyl (C=O) groups is 1. The van der Waals surface area contributed by atoms with Crippen LogP contribution in [-0.2, 0) is 16.1 Å². The first kappa shape index (κ1) is 11.5. The summed E-state index contributed by atoms with van der Waals surface area (Å²) in [6.07, 6.45) is 0.394. The molecule has 3 N–H and O–H groups in total. The third-order valence-electron chi connectivity index (χ3n) is 2.00. The van der Waals surface area contributed by atoms with Crippen LogP contribution in [0.2, 0.25) is 0 Å². The van der Waals surface area contributed by atoms with Crippen LogP contribution in [0.25, 0.3) is 0 Å². The lowest BCUT2D eigenvalue weighted by Gasteiger charge is -2.04. The Bertz CT molecular complexity index is 309. The molecule has 1 aromatic rings. The number of amides is 1. The average Bonchev–Trinajstić information content (AvgIpc) is 2.26. The van der Waals surface area contributed by atoms with Crippen molar-refractivity contribution in [3.05, 3.63) is 29.8 Å². The normalized spacial score (nSPS) is 9.93. The summed E-state index contributed by atoms with van der Waals surface area (Å²) in [4.78, 5) is 10.9. The minimum atomic E-state index is -0.00712. The van der Waals surface area contributed by atoms with E-state index in [9.17, 15) is 4.79 Å². The van der Waals surface area contributed by atoms with Crippen LogP contribution >= 0.6 is 0 Å². The number of benzene rings is 1. The van der Waals surface area contributed by atoms with Gasteiger partial charge >= 0.3 is 0 Å². The molecule has 1 aromatic carbocycles. The highest BCUT2D eigenvalue weighted by molar-refractivity contribution is 5.75. The summed E-state index contributed by atoms with van der Waals surface area (Å²) in [5, 5.41) is 2.54. The molecule has 15 heavy (non-hydrogen) atoms. The standard InChI is InChI=1S/C11H16N2O2/c1-13-11(14)6-7-15-8-9-2-4-10(12)5-3-9/h2-5H,6-8,12H2,1H3,(H,13,14). The summed E-state index contributed by atoms with van der Waals surface area (Å²) >= 11 is 0. The number of ether oxygens (including phenoxy) is 1. The van der Waals surface area contributed by atoms with Crippen LogP contribution in [0.5, 0.6) is 0 Å². The van der Waals surface area contributed by atoms with Gasteiger partial charge < -0.3 is 15.8 Å². The Balaban J connectivity index is 2.20. The fraction of sp³-hybridized carbons (Fsp3) is 0.364. The zero-order valence-electron chi connectivity index (χ0n) is 8.82. The summed E-state index contributed by atoms with van der Waals surface area (Å²) in [5.41, 5.74) is 7.34. The van der Waals surface area contributed by atoms with Crippen LogP contribution in [0.3, 0.4) is 0 Å². The molecular formula is C11H16N2O2. The maximum absolute atomic E-state index is 10.9. The lowest BCUT2D eigenvalue weighted by Crippen LogP contribution is -2.19. The first-order valence-electron chi connectivity index (χ1n) is 4.85. The zero-order chi connectivity index (χ0) is 11.1. The Kier molecular flexibility index (Phi) is 4.63. The summed E-state index contributed by atoms with van der Waals surface area (Å²) in [6, 6.07) is 7.49. The SMILES string of the molecule is CNC(=O)CCOCc1ccc(N)cc1. The fourth-order valence-corrected chi connectivity index (χ4v) is 1.09. The van der Waals surface area contributed by atoms with Crippen molar-refractivity contribution in [3.63, 3.8) is 0 Å². The molecule has 4 heteroatoms. The molecule has 4 nitrogen and oxygen atoms in total. The second-order valence-corrected chi connectivity index (χ2v) is 3.22. The molecule has 0 bridgehead atoms. The highest BCUT2D eigenvalue weighted by Crippen LogP contribution is 2.06. The summed E-state index contributed by atoms with van der Waals surface area (Å²) in [7, 11) is 1.61. The predicted octanol–water partition coefficient (Wildman–Crippen LogP) is 0.921. The number of hydrogen-bond acceptors (Lipinski definition) is 3. The summed E-state index contributed by atoms with van der Waals surface area (Å²) < 4.78 is 5.33. The lowest BCUT2D eigenvalue weighted by atomic mass is 10.2. The Morgan fingerprint density at radius 2 is 2.07 bits per heavy atom. The Morgan fingerprint density at radius 1 is 1.40 bits per heavy atom. The van der Waals surface area contributed by atoms with Crippen LogP contribution in [-0.4, -0.2) is 19.6 Å². The molecule has 0 unspecified atom stereocenters. The molecule has 1 rings (SSSR count). The molecule has 82 valence electrons.